The lowest BCUT2D eigenvalue weighted by Crippen LogP contribution is -2.05. The minimum atomic E-state index is -0.429. The number of rotatable bonds is 17. The average molecular weight is 522 g/mol. The Morgan fingerprint density at radius 2 is 1.58 bits per heavy atom. The molecule has 0 amide bonds. The number of carbonyl (C=O) groups is 1. The molecule has 0 radical (unpaired) electrons. The fourth-order valence-corrected chi connectivity index (χ4v) is 4.32. The van der Waals surface area contributed by atoms with E-state index < -0.39 is 5.63 Å². The van der Waals surface area contributed by atoms with Gasteiger partial charge in [0.2, 0.25) is 5.88 Å². The van der Waals surface area contributed by atoms with E-state index in [1.54, 1.807) is 13.2 Å². The second kappa shape index (κ2) is 15.6. The van der Waals surface area contributed by atoms with Gasteiger partial charge in [-0.15, -0.1) is 0 Å². The summed E-state index contributed by atoms with van der Waals surface area (Å²) in [6.45, 7) is 6.45. The molecule has 0 spiro atoms. The van der Waals surface area contributed by atoms with E-state index in [-0.39, 0.29) is 5.97 Å². The van der Waals surface area contributed by atoms with Crippen molar-refractivity contribution in [2.45, 2.75) is 71.1 Å². The van der Waals surface area contributed by atoms with Gasteiger partial charge < -0.3 is 18.6 Å². The number of hydrogen-bond donors (Lipinski definition) is 0. The van der Waals surface area contributed by atoms with Gasteiger partial charge in [-0.05, 0) is 37.5 Å². The van der Waals surface area contributed by atoms with Gasteiger partial charge in [-0.1, -0.05) is 70.1 Å². The number of esters is 1. The Bertz CT molecular complexity index is 1250. The number of methoxy groups -OCH3 is 1. The van der Waals surface area contributed by atoms with Crippen LogP contribution in [-0.4, -0.2) is 31.3 Å². The molecule has 0 unspecified atom stereocenters. The van der Waals surface area contributed by atoms with Gasteiger partial charge in [0.1, 0.15) is 5.75 Å². The fourth-order valence-electron chi connectivity index (χ4n) is 4.32. The van der Waals surface area contributed by atoms with Crippen LogP contribution in [0.1, 0.15) is 69.8 Å². The summed E-state index contributed by atoms with van der Waals surface area (Å²) < 4.78 is 21.8. The third-order valence-electron chi connectivity index (χ3n) is 6.44. The van der Waals surface area contributed by atoms with Crippen molar-refractivity contribution in [3.05, 3.63) is 65.2 Å². The predicted octanol–water partition coefficient (Wildman–Crippen LogP) is 7.18. The fraction of sp³-hybridized carbons (Fsp3) is 0.452. The third kappa shape index (κ3) is 9.05. The topological polar surface area (TPSA) is 87.9 Å². The molecule has 38 heavy (non-hydrogen) atoms. The highest BCUT2D eigenvalue weighted by molar-refractivity contribution is 5.83. The van der Waals surface area contributed by atoms with Crippen LogP contribution in [0.5, 0.6) is 11.6 Å². The molecule has 2 aromatic heterocycles. The number of hydrogen-bond acceptors (Lipinski definition) is 7. The maximum Gasteiger partial charge on any atom is 0.344 e. The second-order valence-electron chi connectivity index (χ2n) is 9.47. The minimum Gasteiger partial charge on any atom is -0.496 e. The van der Waals surface area contributed by atoms with Gasteiger partial charge in [0.05, 0.1) is 32.1 Å². The van der Waals surface area contributed by atoms with Crippen LogP contribution in [0.4, 0.5) is 0 Å². The molecule has 0 aliphatic heterocycles. The Kier molecular flexibility index (Phi) is 11.9. The summed E-state index contributed by atoms with van der Waals surface area (Å²) in [5, 5.41) is 0.755. The number of benzene rings is 1. The van der Waals surface area contributed by atoms with Gasteiger partial charge in [-0.3, -0.25) is 0 Å². The summed E-state index contributed by atoms with van der Waals surface area (Å²) in [4.78, 5) is 27.9. The lowest BCUT2D eigenvalue weighted by Gasteiger charge is -2.10. The quantitative estimate of drug-likeness (QED) is 0.106. The van der Waals surface area contributed by atoms with Crippen LogP contribution in [-0.2, 0) is 9.53 Å². The van der Waals surface area contributed by atoms with Gasteiger partial charge >= 0.3 is 11.6 Å². The van der Waals surface area contributed by atoms with E-state index in [4.69, 9.17) is 18.6 Å². The van der Waals surface area contributed by atoms with Gasteiger partial charge in [0.25, 0.3) is 0 Å². The lowest BCUT2D eigenvalue weighted by atomic mass is 10.0. The highest BCUT2D eigenvalue weighted by atomic mass is 16.5. The zero-order valence-corrected chi connectivity index (χ0v) is 22.6. The van der Waals surface area contributed by atoms with Gasteiger partial charge in [-0.2, -0.15) is 0 Å². The molecule has 0 fully saturated rings. The number of carbonyl (C=O) groups excluding carboxylic acids is 1. The van der Waals surface area contributed by atoms with Gasteiger partial charge in [0.15, 0.2) is 5.58 Å². The Morgan fingerprint density at radius 1 is 0.921 bits per heavy atom. The Labute approximate surface area is 224 Å². The molecule has 204 valence electrons. The first-order valence-electron chi connectivity index (χ1n) is 13.5. The van der Waals surface area contributed by atoms with E-state index in [0.29, 0.717) is 41.6 Å². The molecule has 0 N–H and O–H groups in total. The van der Waals surface area contributed by atoms with Crippen molar-refractivity contribution in [3.63, 3.8) is 0 Å². The second-order valence-corrected chi connectivity index (χ2v) is 9.47. The van der Waals surface area contributed by atoms with Crippen LogP contribution < -0.4 is 15.1 Å². The van der Waals surface area contributed by atoms with Crippen molar-refractivity contribution in [3.8, 4) is 22.8 Å². The number of aromatic nitrogens is 1. The summed E-state index contributed by atoms with van der Waals surface area (Å²) in [5.41, 5.74) is 2.18. The molecule has 2 heterocycles. The van der Waals surface area contributed by atoms with Crippen LogP contribution in [0.2, 0.25) is 0 Å². The largest absolute Gasteiger partial charge is 0.496 e. The Balaban J connectivity index is 1.35. The Hall–Kier alpha value is -3.61. The molecule has 0 saturated carbocycles. The van der Waals surface area contributed by atoms with Crippen LogP contribution >= 0.6 is 0 Å². The van der Waals surface area contributed by atoms with Crippen LogP contribution in [0, 0.1) is 6.92 Å². The maximum absolute atomic E-state index is 12.6. The molecule has 0 bridgehead atoms. The molecule has 1 aromatic carbocycles. The van der Waals surface area contributed by atoms with Crippen molar-refractivity contribution in [2.24, 2.45) is 0 Å². The molecule has 7 nitrogen and oxygen atoms in total. The normalized spacial score (nSPS) is 10.9. The predicted molar refractivity (Wildman–Crippen MR) is 150 cm³/mol. The molecule has 7 heteroatoms. The van der Waals surface area contributed by atoms with E-state index >= 15 is 0 Å². The van der Waals surface area contributed by atoms with Crippen LogP contribution in [0.25, 0.3) is 22.1 Å². The SMILES string of the molecule is C=CC(=O)OCCCCCCCCCCCCOc1cc2cc(-c3ccc(C)cc3OC)c(=O)oc2cn1. The minimum absolute atomic E-state index is 0.340. The molecule has 0 atom stereocenters. The van der Waals surface area contributed by atoms with Crippen LogP contribution in [0.3, 0.4) is 0 Å². The number of pyridine rings is 1. The first kappa shape index (κ1) is 29.0. The number of unbranched alkanes of at least 4 members (excludes halogenated alkanes) is 9. The summed E-state index contributed by atoms with van der Waals surface area (Å²) in [7, 11) is 1.59. The highest BCUT2D eigenvalue weighted by Gasteiger charge is 2.13. The van der Waals surface area contributed by atoms with E-state index in [1.807, 2.05) is 31.2 Å². The van der Waals surface area contributed by atoms with Crippen molar-refractivity contribution in [2.75, 3.05) is 20.3 Å². The first-order chi connectivity index (χ1) is 18.5. The standard InChI is InChI=1S/C31H39NO6/c1-4-30(33)37-18-14-12-10-8-6-5-7-9-11-13-17-36-29-21-24-20-26(31(34)38-28(24)22-32-29)25-16-15-23(2)19-27(25)35-3/h4,15-16,19-22H,1,5-14,17-18H2,2-3H3. The monoisotopic (exact) mass is 521 g/mol. The lowest BCUT2D eigenvalue weighted by molar-refractivity contribution is -0.137. The molecule has 0 saturated heterocycles. The summed E-state index contributed by atoms with van der Waals surface area (Å²) in [5.74, 6) is 0.811. The molecule has 3 rings (SSSR count). The number of ether oxygens (including phenoxy) is 3. The first-order valence-corrected chi connectivity index (χ1v) is 13.5. The van der Waals surface area contributed by atoms with Crippen molar-refractivity contribution >= 4 is 16.9 Å². The molecular formula is C31H39NO6. The average Bonchev–Trinajstić information content (AvgIpc) is 2.92. The van der Waals surface area contributed by atoms with Crippen molar-refractivity contribution < 1.29 is 23.4 Å². The van der Waals surface area contributed by atoms with E-state index in [1.165, 1.54) is 50.8 Å². The summed E-state index contributed by atoms with van der Waals surface area (Å²) >= 11 is 0. The van der Waals surface area contributed by atoms with Crippen molar-refractivity contribution in [1.29, 1.82) is 0 Å². The van der Waals surface area contributed by atoms with E-state index in [9.17, 15) is 9.59 Å². The third-order valence-corrected chi connectivity index (χ3v) is 6.44. The smallest absolute Gasteiger partial charge is 0.344 e. The number of aryl methyl sites for hydroxylation is 1. The molecular weight excluding hydrogens is 482 g/mol. The molecule has 0 aliphatic carbocycles. The van der Waals surface area contributed by atoms with Gasteiger partial charge in [0, 0.05) is 23.1 Å². The zero-order chi connectivity index (χ0) is 27.2. The number of fused-ring (bicyclic) bond motifs is 1. The maximum atomic E-state index is 12.6. The van der Waals surface area contributed by atoms with E-state index in [2.05, 4.69) is 11.6 Å². The Morgan fingerprint density at radius 3 is 2.24 bits per heavy atom. The highest BCUT2D eigenvalue weighted by Crippen LogP contribution is 2.31. The zero-order valence-electron chi connectivity index (χ0n) is 22.6. The van der Waals surface area contributed by atoms with E-state index in [0.717, 1.165) is 36.6 Å². The van der Waals surface area contributed by atoms with Gasteiger partial charge in [-0.25, -0.2) is 14.6 Å². The molecule has 0 aliphatic rings. The van der Waals surface area contributed by atoms with Crippen LogP contribution in [0.15, 0.2) is 58.4 Å². The summed E-state index contributed by atoms with van der Waals surface area (Å²) in [6.07, 6.45) is 14.2. The number of nitrogens with zero attached hydrogens (tertiary/aromatic N) is 1. The summed E-state index contributed by atoms with van der Waals surface area (Å²) in [6, 6.07) is 9.33. The van der Waals surface area contributed by atoms with Crippen molar-refractivity contribution in [1.82, 2.24) is 4.98 Å². The molecule has 3 aromatic rings.